The molecule has 4 heteroatoms. The summed E-state index contributed by atoms with van der Waals surface area (Å²) in [5.74, 6) is 0.0627. The highest BCUT2D eigenvalue weighted by atomic mass is 16.4. The van der Waals surface area contributed by atoms with E-state index in [1.807, 2.05) is 0 Å². The number of rotatable bonds is 15. The van der Waals surface area contributed by atoms with Gasteiger partial charge in [-0.3, -0.25) is 9.59 Å². The fraction of sp³-hybridized carbons (Fsp3) is 0.889. The Hall–Kier alpha value is -1.06. The molecule has 22 heavy (non-hydrogen) atoms. The van der Waals surface area contributed by atoms with Crippen LogP contribution in [-0.2, 0) is 9.59 Å². The minimum absolute atomic E-state index is 0.299. The molecule has 130 valence electrons. The lowest BCUT2D eigenvalue weighted by atomic mass is 9.86. The van der Waals surface area contributed by atoms with Crippen molar-refractivity contribution >= 4 is 11.9 Å². The standard InChI is InChI=1S/C18H34O4/c1-15(11-7-3-5-9-13-17(19)20)16(2)12-8-4-6-10-14-18(21)22/h15-16H,3-14H2,1-2H3,(H,19,20)(H,21,22). The van der Waals surface area contributed by atoms with E-state index in [0.717, 1.165) is 50.4 Å². The van der Waals surface area contributed by atoms with Crippen LogP contribution in [0.2, 0.25) is 0 Å². The molecule has 0 saturated carbocycles. The molecule has 4 nitrogen and oxygen atoms in total. The van der Waals surface area contributed by atoms with E-state index in [1.165, 1.54) is 25.7 Å². The molecule has 2 unspecified atom stereocenters. The molecule has 0 aliphatic carbocycles. The van der Waals surface area contributed by atoms with Crippen LogP contribution in [0.5, 0.6) is 0 Å². The minimum Gasteiger partial charge on any atom is -0.481 e. The van der Waals surface area contributed by atoms with Crippen LogP contribution in [0.1, 0.15) is 90.9 Å². The van der Waals surface area contributed by atoms with E-state index in [-0.39, 0.29) is 0 Å². The summed E-state index contributed by atoms with van der Waals surface area (Å²) in [4.78, 5) is 20.8. The van der Waals surface area contributed by atoms with Crippen molar-refractivity contribution in [2.75, 3.05) is 0 Å². The number of carboxylic acids is 2. The molecule has 0 heterocycles. The SMILES string of the molecule is CC(CCCCCCC(=O)O)C(C)CCCCCCC(=O)O. The Kier molecular flexibility index (Phi) is 12.9. The zero-order valence-electron chi connectivity index (χ0n) is 14.4. The number of carboxylic acid groups (broad SMARTS) is 2. The van der Waals surface area contributed by atoms with Gasteiger partial charge in [0.2, 0.25) is 0 Å². The van der Waals surface area contributed by atoms with Crippen LogP contribution in [0, 0.1) is 11.8 Å². The Morgan fingerprint density at radius 2 is 0.955 bits per heavy atom. The van der Waals surface area contributed by atoms with Gasteiger partial charge in [0, 0.05) is 12.8 Å². The number of carbonyl (C=O) groups is 2. The zero-order chi connectivity index (χ0) is 16.8. The van der Waals surface area contributed by atoms with Gasteiger partial charge in [-0.25, -0.2) is 0 Å². The highest BCUT2D eigenvalue weighted by Crippen LogP contribution is 2.24. The normalized spacial score (nSPS) is 13.7. The van der Waals surface area contributed by atoms with E-state index in [0.29, 0.717) is 12.8 Å². The lowest BCUT2D eigenvalue weighted by molar-refractivity contribution is -0.138. The Balaban J connectivity index is 3.44. The van der Waals surface area contributed by atoms with Gasteiger partial charge < -0.3 is 10.2 Å². The number of hydrogen-bond acceptors (Lipinski definition) is 2. The molecule has 0 amide bonds. The third kappa shape index (κ3) is 13.9. The van der Waals surface area contributed by atoms with E-state index < -0.39 is 11.9 Å². The lowest BCUT2D eigenvalue weighted by Crippen LogP contribution is -2.08. The first-order chi connectivity index (χ1) is 10.4. The van der Waals surface area contributed by atoms with Gasteiger partial charge in [-0.1, -0.05) is 65.2 Å². The van der Waals surface area contributed by atoms with Crippen molar-refractivity contribution in [3.63, 3.8) is 0 Å². The number of unbranched alkanes of at least 4 members (excludes halogenated alkanes) is 6. The van der Waals surface area contributed by atoms with E-state index in [9.17, 15) is 9.59 Å². The molecule has 0 aromatic carbocycles. The summed E-state index contributed by atoms with van der Waals surface area (Å²) in [5.41, 5.74) is 0. The fourth-order valence-corrected chi connectivity index (χ4v) is 2.76. The first kappa shape index (κ1) is 20.9. The fourth-order valence-electron chi connectivity index (χ4n) is 2.76. The average Bonchev–Trinajstić information content (AvgIpc) is 2.45. The first-order valence-corrected chi connectivity index (χ1v) is 8.87. The molecule has 0 aliphatic heterocycles. The van der Waals surface area contributed by atoms with Crippen molar-refractivity contribution in [3.8, 4) is 0 Å². The zero-order valence-corrected chi connectivity index (χ0v) is 14.4. The molecule has 0 aliphatic rings. The van der Waals surface area contributed by atoms with Gasteiger partial charge in [0.25, 0.3) is 0 Å². The molecule has 0 rings (SSSR count). The Morgan fingerprint density at radius 3 is 1.27 bits per heavy atom. The summed E-state index contributed by atoms with van der Waals surface area (Å²) in [6, 6.07) is 0. The quantitative estimate of drug-likeness (QED) is 0.412. The van der Waals surface area contributed by atoms with Crippen molar-refractivity contribution in [1.29, 1.82) is 0 Å². The van der Waals surface area contributed by atoms with Crippen LogP contribution in [0.3, 0.4) is 0 Å². The van der Waals surface area contributed by atoms with Crippen LogP contribution < -0.4 is 0 Å². The average molecular weight is 314 g/mol. The molecule has 0 saturated heterocycles. The first-order valence-electron chi connectivity index (χ1n) is 8.87. The Morgan fingerprint density at radius 1 is 0.636 bits per heavy atom. The van der Waals surface area contributed by atoms with Crippen molar-refractivity contribution in [2.24, 2.45) is 11.8 Å². The Bertz CT molecular complexity index is 271. The van der Waals surface area contributed by atoms with Gasteiger partial charge in [-0.05, 0) is 24.7 Å². The number of aliphatic carboxylic acids is 2. The highest BCUT2D eigenvalue weighted by Gasteiger charge is 2.11. The van der Waals surface area contributed by atoms with Gasteiger partial charge in [-0.15, -0.1) is 0 Å². The molecule has 2 N–H and O–H groups in total. The van der Waals surface area contributed by atoms with E-state index in [4.69, 9.17) is 10.2 Å². The maximum atomic E-state index is 10.4. The smallest absolute Gasteiger partial charge is 0.303 e. The van der Waals surface area contributed by atoms with Gasteiger partial charge in [0.15, 0.2) is 0 Å². The van der Waals surface area contributed by atoms with E-state index >= 15 is 0 Å². The summed E-state index contributed by atoms with van der Waals surface area (Å²) in [5, 5.41) is 17.1. The molecular weight excluding hydrogens is 280 g/mol. The van der Waals surface area contributed by atoms with Crippen LogP contribution >= 0.6 is 0 Å². The monoisotopic (exact) mass is 314 g/mol. The maximum absolute atomic E-state index is 10.4. The second kappa shape index (κ2) is 13.6. The van der Waals surface area contributed by atoms with Gasteiger partial charge in [0.1, 0.15) is 0 Å². The third-order valence-electron chi connectivity index (χ3n) is 4.57. The molecule has 0 aromatic rings. The summed E-state index contributed by atoms with van der Waals surface area (Å²) in [7, 11) is 0. The van der Waals surface area contributed by atoms with E-state index in [2.05, 4.69) is 13.8 Å². The number of hydrogen-bond donors (Lipinski definition) is 2. The van der Waals surface area contributed by atoms with Crippen LogP contribution in [0.25, 0.3) is 0 Å². The topological polar surface area (TPSA) is 74.6 Å². The van der Waals surface area contributed by atoms with Crippen molar-refractivity contribution in [3.05, 3.63) is 0 Å². The third-order valence-corrected chi connectivity index (χ3v) is 4.57. The second-order valence-electron chi connectivity index (χ2n) is 6.65. The molecule has 0 fully saturated rings. The maximum Gasteiger partial charge on any atom is 0.303 e. The second-order valence-corrected chi connectivity index (χ2v) is 6.65. The van der Waals surface area contributed by atoms with Crippen molar-refractivity contribution in [2.45, 2.75) is 90.9 Å². The summed E-state index contributed by atoms with van der Waals surface area (Å²) in [6.45, 7) is 4.62. The molecule has 0 aromatic heterocycles. The molecule has 0 spiro atoms. The summed E-state index contributed by atoms with van der Waals surface area (Å²) in [6.07, 6.45) is 11.4. The molecule has 2 atom stereocenters. The minimum atomic E-state index is -0.689. The van der Waals surface area contributed by atoms with Crippen LogP contribution in [0.4, 0.5) is 0 Å². The molecule has 0 radical (unpaired) electrons. The van der Waals surface area contributed by atoms with Gasteiger partial charge in [-0.2, -0.15) is 0 Å². The molecule has 0 bridgehead atoms. The van der Waals surface area contributed by atoms with Gasteiger partial charge in [0.05, 0.1) is 0 Å². The largest absolute Gasteiger partial charge is 0.481 e. The highest BCUT2D eigenvalue weighted by molar-refractivity contribution is 5.66. The van der Waals surface area contributed by atoms with Crippen LogP contribution in [0.15, 0.2) is 0 Å². The predicted octanol–water partition coefficient (Wildman–Crippen LogP) is 5.11. The van der Waals surface area contributed by atoms with Gasteiger partial charge >= 0.3 is 11.9 Å². The molecular formula is C18H34O4. The summed E-state index contributed by atoms with van der Waals surface area (Å²) >= 11 is 0. The van der Waals surface area contributed by atoms with Crippen molar-refractivity contribution in [1.82, 2.24) is 0 Å². The summed E-state index contributed by atoms with van der Waals surface area (Å²) < 4.78 is 0. The Labute approximate surface area is 135 Å². The predicted molar refractivity (Wildman–Crippen MR) is 89.0 cm³/mol. The van der Waals surface area contributed by atoms with Crippen molar-refractivity contribution < 1.29 is 19.8 Å². The lowest BCUT2D eigenvalue weighted by Gasteiger charge is -2.19. The van der Waals surface area contributed by atoms with E-state index in [1.54, 1.807) is 0 Å². The van der Waals surface area contributed by atoms with Crippen LogP contribution in [-0.4, -0.2) is 22.2 Å².